The van der Waals surface area contributed by atoms with Gasteiger partial charge in [-0.3, -0.25) is 4.79 Å². The lowest BCUT2D eigenvalue weighted by Gasteiger charge is -2.02. The van der Waals surface area contributed by atoms with E-state index in [4.69, 9.17) is 5.26 Å². The van der Waals surface area contributed by atoms with Crippen LogP contribution in [0, 0.1) is 11.3 Å². The van der Waals surface area contributed by atoms with E-state index in [-0.39, 0.29) is 5.56 Å². The van der Waals surface area contributed by atoms with E-state index >= 15 is 0 Å². The first-order valence-corrected chi connectivity index (χ1v) is 4.75. The van der Waals surface area contributed by atoms with Crippen molar-refractivity contribution in [3.05, 3.63) is 52.3 Å². The number of benzene rings is 1. The first-order chi connectivity index (χ1) is 7.70. The van der Waals surface area contributed by atoms with Gasteiger partial charge in [-0.25, -0.2) is 4.68 Å². The highest BCUT2D eigenvalue weighted by molar-refractivity contribution is 5.59. The maximum Gasteiger partial charge on any atom is 0.266 e. The van der Waals surface area contributed by atoms with Crippen LogP contribution in [0.2, 0.25) is 0 Å². The normalized spacial score (nSPS) is 9.75. The molecule has 1 heterocycles. The van der Waals surface area contributed by atoms with Gasteiger partial charge in [-0.15, -0.1) is 0 Å². The van der Waals surface area contributed by atoms with Gasteiger partial charge in [0, 0.05) is 18.7 Å². The van der Waals surface area contributed by atoms with Gasteiger partial charge in [-0.2, -0.15) is 10.4 Å². The largest absolute Gasteiger partial charge is 0.268 e. The Balaban J connectivity index is 2.47. The Kier molecular flexibility index (Phi) is 2.52. The van der Waals surface area contributed by atoms with Gasteiger partial charge < -0.3 is 0 Å². The summed E-state index contributed by atoms with van der Waals surface area (Å²) in [7, 11) is 1.61. The van der Waals surface area contributed by atoms with Gasteiger partial charge in [-0.1, -0.05) is 12.1 Å². The minimum atomic E-state index is -0.141. The topological polar surface area (TPSA) is 58.7 Å². The van der Waals surface area contributed by atoms with Crippen molar-refractivity contribution in [3.63, 3.8) is 0 Å². The second-order valence-electron chi connectivity index (χ2n) is 3.37. The first-order valence-electron chi connectivity index (χ1n) is 4.75. The molecule has 0 aliphatic heterocycles. The molecule has 4 heteroatoms. The minimum absolute atomic E-state index is 0.141. The molecule has 0 amide bonds. The van der Waals surface area contributed by atoms with Crippen LogP contribution in [0.4, 0.5) is 0 Å². The number of rotatable bonds is 1. The van der Waals surface area contributed by atoms with E-state index in [1.54, 1.807) is 25.2 Å². The van der Waals surface area contributed by atoms with Gasteiger partial charge in [0.25, 0.3) is 5.56 Å². The molecule has 0 radical (unpaired) electrons. The molecule has 0 aliphatic rings. The van der Waals surface area contributed by atoms with Crippen LogP contribution >= 0.6 is 0 Å². The molecule has 0 bridgehead atoms. The highest BCUT2D eigenvalue weighted by atomic mass is 16.1. The van der Waals surface area contributed by atoms with Gasteiger partial charge in [0.05, 0.1) is 17.3 Å². The van der Waals surface area contributed by atoms with Crippen LogP contribution in [0.25, 0.3) is 11.3 Å². The second kappa shape index (κ2) is 3.99. The third-order valence-corrected chi connectivity index (χ3v) is 2.27. The van der Waals surface area contributed by atoms with Crippen molar-refractivity contribution in [2.45, 2.75) is 0 Å². The molecule has 0 aliphatic carbocycles. The van der Waals surface area contributed by atoms with E-state index < -0.39 is 0 Å². The molecule has 78 valence electrons. The fourth-order valence-corrected chi connectivity index (χ4v) is 1.37. The third kappa shape index (κ3) is 1.84. The van der Waals surface area contributed by atoms with Crippen LogP contribution in [0.15, 0.2) is 41.2 Å². The zero-order chi connectivity index (χ0) is 11.5. The summed E-state index contributed by atoms with van der Waals surface area (Å²) < 4.78 is 1.29. The van der Waals surface area contributed by atoms with Gasteiger partial charge in [0.15, 0.2) is 0 Å². The second-order valence-corrected chi connectivity index (χ2v) is 3.37. The van der Waals surface area contributed by atoms with Gasteiger partial charge in [0.2, 0.25) is 0 Å². The predicted molar refractivity (Wildman–Crippen MR) is 59.6 cm³/mol. The average molecular weight is 211 g/mol. The van der Waals surface area contributed by atoms with E-state index in [1.807, 2.05) is 12.1 Å². The van der Waals surface area contributed by atoms with Gasteiger partial charge in [-0.05, 0) is 18.2 Å². The number of hydrogen-bond acceptors (Lipinski definition) is 3. The highest BCUT2D eigenvalue weighted by Crippen LogP contribution is 2.15. The molecule has 0 unspecified atom stereocenters. The lowest BCUT2D eigenvalue weighted by atomic mass is 10.1. The van der Waals surface area contributed by atoms with Crippen LogP contribution in [0.1, 0.15) is 5.56 Å². The molecule has 2 rings (SSSR count). The Labute approximate surface area is 92.4 Å². The van der Waals surface area contributed by atoms with Crippen LogP contribution in [0.3, 0.4) is 0 Å². The summed E-state index contributed by atoms with van der Waals surface area (Å²) in [5.41, 5.74) is 2.06. The first kappa shape index (κ1) is 10.1. The summed E-state index contributed by atoms with van der Waals surface area (Å²) in [6, 6.07) is 12.3. The molecule has 1 aromatic carbocycles. The molecule has 1 aromatic heterocycles. The number of nitriles is 1. The van der Waals surface area contributed by atoms with Gasteiger partial charge >= 0.3 is 0 Å². The quantitative estimate of drug-likeness (QED) is 0.714. The standard InChI is InChI=1S/C12H9N3O/c1-15-12(16)7-6-11(14-15)10-4-2-9(8-13)3-5-10/h2-7H,1H3. The molecule has 16 heavy (non-hydrogen) atoms. The SMILES string of the molecule is Cn1nc(-c2ccc(C#N)cc2)ccc1=O. The summed E-state index contributed by atoms with van der Waals surface area (Å²) in [6.45, 7) is 0. The highest BCUT2D eigenvalue weighted by Gasteiger charge is 2.00. The smallest absolute Gasteiger partial charge is 0.266 e. The van der Waals surface area contributed by atoms with Crippen LogP contribution < -0.4 is 5.56 Å². The number of nitrogens with zero attached hydrogens (tertiary/aromatic N) is 3. The number of aromatic nitrogens is 2. The summed E-state index contributed by atoms with van der Waals surface area (Å²) in [6.07, 6.45) is 0. The molecule has 0 spiro atoms. The molecule has 0 atom stereocenters. The van der Waals surface area contributed by atoms with Crippen molar-refractivity contribution >= 4 is 0 Å². The molecule has 2 aromatic rings. The zero-order valence-corrected chi connectivity index (χ0v) is 8.71. The maximum absolute atomic E-state index is 11.2. The Hall–Kier alpha value is -2.41. The fourth-order valence-electron chi connectivity index (χ4n) is 1.37. The Bertz CT molecular complexity index is 605. The van der Waals surface area contributed by atoms with Crippen molar-refractivity contribution in [1.82, 2.24) is 9.78 Å². The van der Waals surface area contributed by atoms with E-state index in [0.717, 1.165) is 5.56 Å². The van der Waals surface area contributed by atoms with E-state index in [9.17, 15) is 4.79 Å². The van der Waals surface area contributed by atoms with Crippen LogP contribution in [-0.2, 0) is 7.05 Å². The molecular weight excluding hydrogens is 202 g/mol. The van der Waals surface area contributed by atoms with Crippen LogP contribution in [0.5, 0.6) is 0 Å². The molecule has 0 saturated carbocycles. The summed E-state index contributed by atoms with van der Waals surface area (Å²) >= 11 is 0. The molecular formula is C12H9N3O. The lowest BCUT2D eigenvalue weighted by Crippen LogP contribution is -2.18. The summed E-state index contributed by atoms with van der Waals surface area (Å²) in [5, 5.41) is 12.8. The van der Waals surface area contributed by atoms with Crippen molar-refractivity contribution in [2.24, 2.45) is 7.05 Å². The Morgan fingerprint density at radius 1 is 1.19 bits per heavy atom. The van der Waals surface area contributed by atoms with Gasteiger partial charge in [0.1, 0.15) is 0 Å². The monoisotopic (exact) mass is 211 g/mol. The zero-order valence-electron chi connectivity index (χ0n) is 8.71. The van der Waals surface area contributed by atoms with Crippen molar-refractivity contribution < 1.29 is 0 Å². The van der Waals surface area contributed by atoms with Crippen LogP contribution in [-0.4, -0.2) is 9.78 Å². The summed E-state index contributed by atoms with van der Waals surface area (Å²) in [4.78, 5) is 11.2. The predicted octanol–water partition coefficient (Wildman–Crippen LogP) is 1.32. The van der Waals surface area contributed by atoms with E-state index in [0.29, 0.717) is 11.3 Å². The van der Waals surface area contributed by atoms with Crippen molar-refractivity contribution in [1.29, 1.82) is 5.26 Å². The molecule has 0 fully saturated rings. The third-order valence-electron chi connectivity index (χ3n) is 2.27. The maximum atomic E-state index is 11.2. The van der Waals surface area contributed by atoms with E-state index in [1.165, 1.54) is 10.7 Å². The number of aryl methyl sites for hydroxylation is 1. The Morgan fingerprint density at radius 2 is 1.88 bits per heavy atom. The average Bonchev–Trinajstić information content (AvgIpc) is 2.33. The molecule has 4 nitrogen and oxygen atoms in total. The minimum Gasteiger partial charge on any atom is -0.268 e. The van der Waals surface area contributed by atoms with Crippen molar-refractivity contribution in [2.75, 3.05) is 0 Å². The lowest BCUT2D eigenvalue weighted by molar-refractivity contribution is 0.712. The Morgan fingerprint density at radius 3 is 2.44 bits per heavy atom. The van der Waals surface area contributed by atoms with Crippen molar-refractivity contribution in [3.8, 4) is 17.3 Å². The summed E-state index contributed by atoms with van der Waals surface area (Å²) in [5.74, 6) is 0. The van der Waals surface area contributed by atoms with E-state index in [2.05, 4.69) is 11.2 Å². The molecule has 0 N–H and O–H groups in total. The number of hydrogen-bond donors (Lipinski definition) is 0. The molecule has 0 saturated heterocycles. The fraction of sp³-hybridized carbons (Fsp3) is 0.0833.